The number of phenols is 2. The molecule has 2 saturated heterocycles. The molecule has 2 aliphatic heterocycles. The lowest BCUT2D eigenvalue weighted by Crippen LogP contribution is -2.32. The first-order chi connectivity index (χ1) is 15.9. The van der Waals surface area contributed by atoms with Gasteiger partial charge in [0.25, 0.3) is 0 Å². The lowest BCUT2D eigenvalue weighted by molar-refractivity contribution is 0.172. The maximum absolute atomic E-state index is 13.1. The first-order valence-corrected chi connectivity index (χ1v) is 11.7. The van der Waals surface area contributed by atoms with Crippen LogP contribution in [0.1, 0.15) is 30.7 Å². The van der Waals surface area contributed by atoms with Crippen LogP contribution in [0.3, 0.4) is 0 Å². The van der Waals surface area contributed by atoms with Crippen molar-refractivity contribution in [2.45, 2.75) is 31.2 Å². The number of hydrogen-bond donors (Lipinski definition) is 3. The number of halogens is 1. The van der Waals surface area contributed by atoms with Crippen LogP contribution in [0.2, 0.25) is 5.02 Å². The summed E-state index contributed by atoms with van der Waals surface area (Å²) in [5, 5.41) is 31.7. The Hall–Kier alpha value is -2.74. The van der Waals surface area contributed by atoms with E-state index >= 15 is 0 Å². The zero-order valence-electron chi connectivity index (χ0n) is 18.4. The van der Waals surface area contributed by atoms with Crippen molar-refractivity contribution in [2.24, 2.45) is 0 Å². The van der Waals surface area contributed by atoms with Crippen molar-refractivity contribution in [3.63, 3.8) is 0 Å². The fraction of sp³-hybridized carbons (Fsp3) is 0.400. The summed E-state index contributed by atoms with van der Waals surface area (Å²) < 4.78 is 6.24. The van der Waals surface area contributed by atoms with Crippen LogP contribution in [0.4, 0.5) is 5.69 Å². The minimum atomic E-state index is -0.417. The molecule has 2 aromatic carbocycles. The molecule has 174 valence electrons. The summed E-state index contributed by atoms with van der Waals surface area (Å²) in [6, 6.07) is 7.92. The molecule has 2 unspecified atom stereocenters. The van der Waals surface area contributed by atoms with E-state index < -0.39 is 5.43 Å². The van der Waals surface area contributed by atoms with Crippen molar-refractivity contribution in [1.82, 2.24) is 4.90 Å². The van der Waals surface area contributed by atoms with Gasteiger partial charge in [-0.05, 0) is 45.0 Å². The second-order valence-electron chi connectivity index (χ2n) is 8.97. The van der Waals surface area contributed by atoms with Crippen molar-refractivity contribution in [1.29, 1.82) is 0 Å². The second-order valence-corrected chi connectivity index (χ2v) is 9.34. The number of anilines is 1. The van der Waals surface area contributed by atoms with Crippen molar-refractivity contribution in [2.75, 3.05) is 38.2 Å². The summed E-state index contributed by atoms with van der Waals surface area (Å²) in [6.07, 6.45) is 2.89. The molecule has 1 aromatic heterocycles. The van der Waals surface area contributed by atoms with Gasteiger partial charge in [0.2, 0.25) is 0 Å². The number of likely N-dealkylation sites (tertiary alicyclic amines) is 1. The highest BCUT2D eigenvalue weighted by Crippen LogP contribution is 2.45. The average molecular weight is 471 g/mol. The molecule has 8 heteroatoms. The van der Waals surface area contributed by atoms with E-state index in [4.69, 9.17) is 16.0 Å². The highest BCUT2D eigenvalue weighted by Gasteiger charge is 2.36. The lowest BCUT2D eigenvalue weighted by atomic mass is 9.89. The van der Waals surface area contributed by atoms with Crippen LogP contribution >= 0.6 is 11.6 Å². The largest absolute Gasteiger partial charge is 0.507 e. The third-order valence-electron chi connectivity index (χ3n) is 7.07. The molecule has 33 heavy (non-hydrogen) atoms. The van der Waals surface area contributed by atoms with E-state index in [-0.39, 0.29) is 46.8 Å². The number of aliphatic hydroxyl groups excluding tert-OH is 1. The van der Waals surface area contributed by atoms with Gasteiger partial charge in [-0.15, -0.1) is 0 Å². The van der Waals surface area contributed by atoms with Crippen LogP contribution in [0.25, 0.3) is 22.3 Å². The molecule has 2 aliphatic rings. The smallest absolute Gasteiger partial charge is 0.197 e. The van der Waals surface area contributed by atoms with Gasteiger partial charge in [-0.3, -0.25) is 4.79 Å². The normalized spacial score (nSPS) is 21.4. The number of aliphatic hydroxyl groups is 1. The van der Waals surface area contributed by atoms with E-state index in [0.29, 0.717) is 22.6 Å². The highest BCUT2D eigenvalue weighted by atomic mass is 35.5. The molecule has 2 fully saturated rings. The molecule has 0 spiro atoms. The van der Waals surface area contributed by atoms with E-state index in [1.54, 1.807) is 6.07 Å². The summed E-state index contributed by atoms with van der Waals surface area (Å²) in [6.45, 7) is 2.48. The Balaban J connectivity index is 1.72. The van der Waals surface area contributed by atoms with Gasteiger partial charge in [0.1, 0.15) is 28.2 Å². The van der Waals surface area contributed by atoms with Crippen LogP contribution in [0, 0.1) is 0 Å². The molecule has 5 rings (SSSR count). The molecule has 0 saturated carbocycles. The van der Waals surface area contributed by atoms with Gasteiger partial charge in [-0.2, -0.15) is 0 Å². The minimum Gasteiger partial charge on any atom is -0.507 e. The summed E-state index contributed by atoms with van der Waals surface area (Å²) in [5.41, 5.74) is 1.62. The van der Waals surface area contributed by atoms with Crippen molar-refractivity contribution >= 4 is 28.3 Å². The Morgan fingerprint density at radius 2 is 1.88 bits per heavy atom. The van der Waals surface area contributed by atoms with Crippen LogP contribution in [0.5, 0.6) is 11.5 Å². The minimum absolute atomic E-state index is 0.0182. The van der Waals surface area contributed by atoms with Crippen LogP contribution < -0.4 is 10.3 Å². The SMILES string of the molecule is CN1CCC(c2c(O)cc(O)c3c(=O)cc(-c4cccc(N5CCCC5)c4Cl)oc23)C1CO. The Kier molecular flexibility index (Phi) is 5.72. The van der Waals surface area contributed by atoms with Crippen LogP contribution in [0.15, 0.2) is 39.5 Å². The second kappa shape index (κ2) is 8.56. The first kappa shape index (κ1) is 22.1. The monoisotopic (exact) mass is 470 g/mol. The van der Waals surface area contributed by atoms with Gasteiger partial charge >= 0.3 is 0 Å². The Morgan fingerprint density at radius 3 is 2.61 bits per heavy atom. The number of hydrogen-bond acceptors (Lipinski definition) is 7. The predicted octanol–water partition coefficient (Wildman–Crippen LogP) is 3.90. The summed E-state index contributed by atoms with van der Waals surface area (Å²) in [5.74, 6) is -0.476. The van der Waals surface area contributed by atoms with Crippen molar-refractivity contribution in [3.8, 4) is 22.8 Å². The van der Waals surface area contributed by atoms with E-state index in [2.05, 4.69) is 4.90 Å². The Bertz CT molecular complexity index is 1270. The zero-order chi connectivity index (χ0) is 23.3. The third kappa shape index (κ3) is 3.64. The maximum Gasteiger partial charge on any atom is 0.197 e. The van der Waals surface area contributed by atoms with Gasteiger partial charge in [-0.25, -0.2) is 0 Å². The number of benzene rings is 2. The molecule has 7 nitrogen and oxygen atoms in total. The van der Waals surface area contributed by atoms with E-state index in [0.717, 1.165) is 38.2 Å². The molecule has 3 heterocycles. The van der Waals surface area contributed by atoms with Gasteiger partial charge in [0.15, 0.2) is 5.43 Å². The van der Waals surface area contributed by atoms with Crippen molar-refractivity contribution in [3.05, 3.63) is 51.1 Å². The standard InChI is InChI=1S/C25H27ClN2O5/c1-27-10-7-14(17(27)13-29)22-18(30)11-19(31)23-20(32)12-21(33-25(22)23)15-5-4-6-16(24(15)26)28-8-2-3-9-28/h4-6,11-12,14,17,29-31H,2-3,7-10,13H2,1H3. The predicted molar refractivity (Wildman–Crippen MR) is 129 cm³/mol. The lowest BCUT2D eigenvalue weighted by Gasteiger charge is -2.24. The van der Waals surface area contributed by atoms with Gasteiger partial charge in [0, 0.05) is 48.3 Å². The van der Waals surface area contributed by atoms with Gasteiger partial charge in [0.05, 0.1) is 17.3 Å². The quantitative estimate of drug-likeness (QED) is 0.532. The summed E-state index contributed by atoms with van der Waals surface area (Å²) in [7, 11) is 1.91. The van der Waals surface area contributed by atoms with E-state index in [9.17, 15) is 20.1 Å². The Morgan fingerprint density at radius 1 is 1.12 bits per heavy atom. The molecule has 3 aromatic rings. The highest BCUT2D eigenvalue weighted by molar-refractivity contribution is 6.36. The molecular weight excluding hydrogens is 444 g/mol. The fourth-order valence-corrected chi connectivity index (χ4v) is 5.68. The molecule has 0 amide bonds. The number of likely N-dealkylation sites (N-methyl/N-ethyl adjacent to an activating group) is 1. The van der Waals surface area contributed by atoms with Crippen LogP contribution in [-0.4, -0.2) is 59.6 Å². The summed E-state index contributed by atoms with van der Waals surface area (Å²) >= 11 is 6.78. The molecule has 0 bridgehead atoms. The Labute approximate surface area is 196 Å². The average Bonchev–Trinajstić information content (AvgIpc) is 3.43. The molecule has 2 atom stereocenters. The molecule has 0 aliphatic carbocycles. The fourth-order valence-electron chi connectivity index (χ4n) is 5.34. The van der Waals surface area contributed by atoms with E-state index in [1.165, 1.54) is 12.1 Å². The number of aromatic hydroxyl groups is 2. The summed E-state index contributed by atoms with van der Waals surface area (Å²) in [4.78, 5) is 17.4. The molecule has 0 radical (unpaired) electrons. The van der Waals surface area contributed by atoms with Crippen molar-refractivity contribution < 1.29 is 19.7 Å². The van der Waals surface area contributed by atoms with Gasteiger partial charge in [-0.1, -0.05) is 17.7 Å². The van der Waals surface area contributed by atoms with Crippen LogP contribution in [-0.2, 0) is 0 Å². The number of rotatable bonds is 4. The molecule has 3 N–H and O–H groups in total. The number of fused-ring (bicyclic) bond motifs is 1. The molecular formula is C25H27ClN2O5. The third-order valence-corrected chi connectivity index (χ3v) is 7.47. The number of nitrogens with zero attached hydrogens (tertiary/aromatic N) is 2. The zero-order valence-corrected chi connectivity index (χ0v) is 19.2. The van der Waals surface area contributed by atoms with Gasteiger partial charge < -0.3 is 29.5 Å². The number of phenolic OH excluding ortho intramolecular Hbond substituents is 2. The maximum atomic E-state index is 13.1. The van der Waals surface area contributed by atoms with E-state index in [1.807, 2.05) is 24.1 Å². The topological polar surface area (TPSA) is 97.4 Å². The first-order valence-electron chi connectivity index (χ1n) is 11.3.